The first-order valence-electron chi connectivity index (χ1n) is 5.35. The molecule has 5 heteroatoms. The van der Waals surface area contributed by atoms with Crippen molar-refractivity contribution < 1.29 is 5.11 Å². The second-order valence-electron chi connectivity index (χ2n) is 4.48. The molecule has 0 unspecified atom stereocenters. The molecule has 15 heavy (non-hydrogen) atoms. The molecule has 1 aromatic rings. The van der Waals surface area contributed by atoms with Gasteiger partial charge in [-0.15, -0.1) is 5.10 Å². The van der Waals surface area contributed by atoms with Crippen LogP contribution in [0.5, 0.6) is 0 Å². The van der Waals surface area contributed by atoms with Crippen molar-refractivity contribution >= 4 is 11.5 Å². The molecule has 1 saturated heterocycles. The van der Waals surface area contributed by atoms with Gasteiger partial charge in [-0.25, -0.2) is 0 Å². The molecule has 0 saturated carbocycles. The highest BCUT2D eigenvalue weighted by molar-refractivity contribution is 7.05. The number of aliphatic hydroxyl groups is 1. The quantitative estimate of drug-likeness (QED) is 0.836. The monoisotopic (exact) mass is 227 g/mol. The highest BCUT2D eigenvalue weighted by Gasteiger charge is 2.27. The molecule has 0 amide bonds. The Balaban J connectivity index is 1.91. The van der Waals surface area contributed by atoms with Gasteiger partial charge < -0.3 is 5.11 Å². The van der Waals surface area contributed by atoms with E-state index in [0.29, 0.717) is 18.4 Å². The Morgan fingerprint density at radius 3 is 2.87 bits per heavy atom. The van der Waals surface area contributed by atoms with Crippen LogP contribution in [0.15, 0.2) is 0 Å². The van der Waals surface area contributed by atoms with E-state index in [1.165, 1.54) is 16.4 Å². The molecule has 1 aromatic heterocycles. The summed E-state index contributed by atoms with van der Waals surface area (Å²) in [6, 6.07) is 0. The lowest BCUT2D eigenvalue weighted by atomic mass is 10.0. The summed E-state index contributed by atoms with van der Waals surface area (Å²) in [6.45, 7) is 7.56. The summed E-state index contributed by atoms with van der Waals surface area (Å²) in [5, 5.41) is 13.1. The summed E-state index contributed by atoms with van der Waals surface area (Å²) in [7, 11) is 0. The van der Waals surface area contributed by atoms with Crippen LogP contribution in [0.1, 0.15) is 30.3 Å². The third-order valence-electron chi connectivity index (χ3n) is 2.79. The second kappa shape index (κ2) is 4.55. The highest BCUT2D eigenvalue weighted by Crippen LogP contribution is 2.24. The van der Waals surface area contributed by atoms with Gasteiger partial charge in [0.2, 0.25) is 0 Å². The Bertz CT molecular complexity index is 320. The summed E-state index contributed by atoms with van der Waals surface area (Å²) >= 11 is 1.50. The van der Waals surface area contributed by atoms with Crippen LogP contribution in [0.25, 0.3) is 0 Å². The maximum atomic E-state index is 8.92. The number of aromatic nitrogens is 2. The van der Waals surface area contributed by atoms with E-state index in [-0.39, 0.29) is 0 Å². The molecule has 4 nitrogen and oxygen atoms in total. The van der Waals surface area contributed by atoms with Crippen LogP contribution in [0.4, 0.5) is 0 Å². The minimum Gasteiger partial charge on any atom is -0.396 e. The molecular formula is C10H17N3OS. The van der Waals surface area contributed by atoms with Crippen molar-refractivity contribution in [1.82, 2.24) is 14.5 Å². The van der Waals surface area contributed by atoms with Gasteiger partial charge in [0, 0.05) is 32.2 Å². The number of hydrogen-bond acceptors (Lipinski definition) is 5. The molecule has 2 rings (SSSR count). The Kier molecular flexibility index (Phi) is 3.33. The topological polar surface area (TPSA) is 49.2 Å². The molecule has 0 radical (unpaired) electrons. The first kappa shape index (κ1) is 11.0. The zero-order valence-corrected chi connectivity index (χ0v) is 10.00. The van der Waals surface area contributed by atoms with Gasteiger partial charge >= 0.3 is 0 Å². The third-order valence-corrected chi connectivity index (χ3v) is 3.51. The molecule has 1 N–H and O–H groups in total. The smallest absolute Gasteiger partial charge is 0.0826 e. The molecule has 0 spiro atoms. The minimum atomic E-state index is 0.314. The van der Waals surface area contributed by atoms with Gasteiger partial charge in [-0.05, 0) is 17.5 Å². The van der Waals surface area contributed by atoms with Gasteiger partial charge in [0.15, 0.2) is 0 Å². The Morgan fingerprint density at radius 1 is 1.53 bits per heavy atom. The van der Waals surface area contributed by atoms with Crippen LogP contribution >= 0.6 is 11.5 Å². The lowest BCUT2D eigenvalue weighted by Gasteiger charge is -2.37. The number of nitrogens with zero attached hydrogens (tertiary/aromatic N) is 3. The Hall–Kier alpha value is -0.520. The van der Waals surface area contributed by atoms with Crippen LogP contribution in [0.3, 0.4) is 0 Å². The summed E-state index contributed by atoms with van der Waals surface area (Å²) < 4.78 is 4.01. The van der Waals surface area contributed by atoms with Crippen molar-refractivity contribution in [2.24, 2.45) is 5.92 Å². The van der Waals surface area contributed by atoms with E-state index in [2.05, 4.69) is 28.3 Å². The van der Waals surface area contributed by atoms with Crippen molar-refractivity contribution in [3.05, 3.63) is 10.6 Å². The maximum Gasteiger partial charge on any atom is 0.0826 e. The summed E-state index contributed by atoms with van der Waals surface area (Å²) in [5.41, 5.74) is 1.13. The number of aliphatic hydroxyl groups excluding tert-OH is 1. The average molecular weight is 227 g/mol. The van der Waals surface area contributed by atoms with Crippen molar-refractivity contribution in [3.63, 3.8) is 0 Å². The second-order valence-corrected chi connectivity index (χ2v) is 5.32. The molecule has 1 fully saturated rings. The molecule has 84 valence electrons. The van der Waals surface area contributed by atoms with Crippen molar-refractivity contribution in [2.45, 2.75) is 26.3 Å². The van der Waals surface area contributed by atoms with Gasteiger partial charge in [-0.1, -0.05) is 18.3 Å². The van der Waals surface area contributed by atoms with E-state index in [0.717, 1.165) is 25.3 Å². The largest absolute Gasteiger partial charge is 0.396 e. The Labute approximate surface area is 94.1 Å². The number of hydrogen-bond donors (Lipinski definition) is 1. The van der Waals surface area contributed by atoms with Crippen LogP contribution in [0, 0.1) is 5.92 Å². The number of likely N-dealkylation sites (tertiary alicyclic amines) is 1. The van der Waals surface area contributed by atoms with E-state index >= 15 is 0 Å². The SMILES string of the molecule is CC(C)c1nnsc1CN1CC(CO)C1. The maximum absolute atomic E-state index is 8.92. The predicted octanol–water partition coefficient (Wildman–Crippen LogP) is 1.09. The zero-order chi connectivity index (χ0) is 10.8. The van der Waals surface area contributed by atoms with E-state index < -0.39 is 0 Å². The van der Waals surface area contributed by atoms with Crippen molar-refractivity contribution in [2.75, 3.05) is 19.7 Å². The molecular weight excluding hydrogens is 210 g/mol. The van der Waals surface area contributed by atoms with E-state index in [1.807, 2.05) is 0 Å². The molecule has 1 aliphatic heterocycles. The highest BCUT2D eigenvalue weighted by atomic mass is 32.1. The fraction of sp³-hybridized carbons (Fsp3) is 0.800. The van der Waals surface area contributed by atoms with Crippen LogP contribution < -0.4 is 0 Å². The molecule has 1 aliphatic rings. The van der Waals surface area contributed by atoms with Gasteiger partial charge in [0.1, 0.15) is 0 Å². The third kappa shape index (κ3) is 2.35. The van der Waals surface area contributed by atoms with Crippen molar-refractivity contribution in [3.8, 4) is 0 Å². The fourth-order valence-electron chi connectivity index (χ4n) is 1.89. The lowest BCUT2D eigenvalue weighted by Crippen LogP contribution is -2.47. The normalized spacial score (nSPS) is 18.4. The van der Waals surface area contributed by atoms with Gasteiger partial charge in [-0.2, -0.15) is 0 Å². The van der Waals surface area contributed by atoms with E-state index in [4.69, 9.17) is 5.11 Å². The first-order chi connectivity index (χ1) is 7.20. The van der Waals surface area contributed by atoms with Gasteiger partial charge in [0.05, 0.1) is 10.6 Å². The summed E-state index contributed by atoms with van der Waals surface area (Å²) in [6.07, 6.45) is 0. The molecule has 0 aromatic carbocycles. The molecule has 0 atom stereocenters. The van der Waals surface area contributed by atoms with Crippen LogP contribution in [0.2, 0.25) is 0 Å². The molecule has 2 heterocycles. The van der Waals surface area contributed by atoms with Crippen molar-refractivity contribution in [1.29, 1.82) is 0 Å². The minimum absolute atomic E-state index is 0.314. The van der Waals surface area contributed by atoms with Gasteiger partial charge in [-0.3, -0.25) is 4.90 Å². The predicted molar refractivity (Wildman–Crippen MR) is 59.9 cm³/mol. The summed E-state index contributed by atoms with van der Waals surface area (Å²) in [4.78, 5) is 3.61. The average Bonchev–Trinajstić information content (AvgIpc) is 2.58. The molecule has 0 aliphatic carbocycles. The van der Waals surface area contributed by atoms with E-state index in [9.17, 15) is 0 Å². The Morgan fingerprint density at radius 2 is 2.27 bits per heavy atom. The lowest BCUT2D eigenvalue weighted by molar-refractivity contribution is 0.0484. The van der Waals surface area contributed by atoms with E-state index in [1.54, 1.807) is 0 Å². The standard InChI is InChI=1S/C10H17N3OS/c1-7(2)10-9(15-12-11-10)5-13-3-8(4-13)6-14/h7-8,14H,3-6H2,1-2H3. The number of rotatable bonds is 4. The molecule has 0 bridgehead atoms. The summed E-state index contributed by atoms with van der Waals surface area (Å²) in [5.74, 6) is 0.932. The zero-order valence-electron chi connectivity index (χ0n) is 9.18. The van der Waals surface area contributed by atoms with Gasteiger partial charge in [0.25, 0.3) is 0 Å². The first-order valence-corrected chi connectivity index (χ1v) is 6.12. The fourth-order valence-corrected chi connectivity index (χ4v) is 2.73. The van der Waals surface area contributed by atoms with Crippen LogP contribution in [-0.4, -0.2) is 39.3 Å². The van der Waals surface area contributed by atoms with Crippen LogP contribution in [-0.2, 0) is 6.54 Å².